The molecule has 4 rings (SSSR count). The lowest BCUT2D eigenvalue weighted by molar-refractivity contribution is 0.379. The first-order chi connectivity index (χ1) is 8.68. The lowest BCUT2D eigenvalue weighted by Gasteiger charge is -2.38. The van der Waals surface area contributed by atoms with Crippen molar-refractivity contribution in [2.24, 2.45) is 0 Å². The molecule has 0 saturated heterocycles. The Hall–Kier alpha value is -1.34. The van der Waals surface area contributed by atoms with Gasteiger partial charge in [-0.15, -0.1) is 0 Å². The van der Waals surface area contributed by atoms with Crippen LogP contribution in [-0.2, 0) is 5.54 Å². The summed E-state index contributed by atoms with van der Waals surface area (Å²) in [5.74, 6) is 0. The van der Waals surface area contributed by atoms with E-state index in [1.807, 2.05) is 0 Å². The fraction of sp³-hybridized carbons (Fsp3) is 0.412. The molecule has 0 fully saturated rings. The Morgan fingerprint density at radius 3 is 2.94 bits per heavy atom. The van der Waals surface area contributed by atoms with E-state index in [2.05, 4.69) is 49.5 Å². The first-order valence-electron chi connectivity index (χ1n) is 6.95. The molecule has 2 aliphatic heterocycles. The zero-order chi connectivity index (χ0) is 12.3. The summed E-state index contributed by atoms with van der Waals surface area (Å²) in [5.41, 5.74) is 7.82. The Morgan fingerprint density at radius 2 is 2.06 bits per heavy atom. The smallest absolute Gasteiger partial charge is 0.0669 e. The Labute approximate surface area is 109 Å². The summed E-state index contributed by atoms with van der Waals surface area (Å²) >= 11 is 0. The third kappa shape index (κ3) is 1.20. The molecule has 1 N–H and O–H groups in total. The lowest BCUT2D eigenvalue weighted by Crippen LogP contribution is -2.41. The summed E-state index contributed by atoms with van der Waals surface area (Å²) in [4.78, 5) is 0. The maximum absolute atomic E-state index is 3.85. The maximum atomic E-state index is 3.85. The maximum Gasteiger partial charge on any atom is 0.0669 e. The molecule has 0 aromatic heterocycles. The molecule has 0 radical (unpaired) electrons. The zero-order valence-electron chi connectivity index (χ0n) is 11.1. The van der Waals surface area contributed by atoms with Crippen LogP contribution >= 0.6 is 0 Å². The van der Waals surface area contributed by atoms with Gasteiger partial charge in [-0.25, -0.2) is 0 Å². The summed E-state index contributed by atoms with van der Waals surface area (Å²) in [6, 6.07) is 9.48. The van der Waals surface area contributed by atoms with Crippen LogP contribution in [0.5, 0.6) is 0 Å². The summed E-state index contributed by atoms with van der Waals surface area (Å²) in [6.07, 6.45) is 6.15. The Bertz CT molecular complexity index is 593. The van der Waals surface area contributed by atoms with Crippen molar-refractivity contribution < 1.29 is 0 Å². The molecular weight excluding hydrogens is 218 g/mol. The molecule has 92 valence electrons. The van der Waals surface area contributed by atoms with Gasteiger partial charge < -0.3 is 0 Å². The predicted octanol–water partition coefficient (Wildman–Crippen LogP) is 3.99. The second kappa shape index (κ2) is 3.36. The summed E-state index contributed by atoms with van der Waals surface area (Å²) in [7, 11) is 0. The van der Waals surface area contributed by atoms with Gasteiger partial charge in [0.2, 0.25) is 0 Å². The molecule has 1 nitrogen and oxygen atoms in total. The van der Waals surface area contributed by atoms with Crippen LogP contribution < -0.4 is 5.32 Å². The van der Waals surface area contributed by atoms with Gasteiger partial charge in [-0.05, 0) is 49.8 Å². The molecule has 0 amide bonds. The van der Waals surface area contributed by atoms with Crippen molar-refractivity contribution in [1.82, 2.24) is 5.32 Å². The van der Waals surface area contributed by atoms with E-state index in [1.54, 1.807) is 11.1 Å². The molecular formula is C17H19N. The van der Waals surface area contributed by atoms with Crippen LogP contribution in [0.2, 0.25) is 0 Å². The van der Waals surface area contributed by atoms with Gasteiger partial charge in [-0.2, -0.15) is 0 Å². The summed E-state index contributed by atoms with van der Waals surface area (Å²) < 4.78 is 0. The Kier molecular flexibility index (Phi) is 1.97. The van der Waals surface area contributed by atoms with Crippen molar-refractivity contribution in [1.29, 1.82) is 0 Å². The van der Waals surface area contributed by atoms with E-state index in [0.29, 0.717) is 6.04 Å². The van der Waals surface area contributed by atoms with Gasteiger partial charge in [-0.3, -0.25) is 5.32 Å². The van der Waals surface area contributed by atoms with Crippen LogP contribution in [0.25, 0.3) is 0 Å². The molecule has 0 saturated carbocycles. The third-order valence-electron chi connectivity index (χ3n) is 4.92. The van der Waals surface area contributed by atoms with Crippen molar-refractivity contribution in [3.05, 3.63) is 58.2 Å². The number of fused-ring (bicyclic) bond motifs is 6. The van der Waals surface area contributed by atoms with E-state index >= 15 is 0 Å². The van der Waals surface area contributed by atoms with Gasteiger partial charge in [0.1, 0.15) is 0 Å². The van der Waals surface area contributed by atoms with Gasteiger partial charge in [0.25, 0.3) is 0 Å². The van der Waals surface area contributed by atoms with Gasteiger partial charge >= 0.3 is 0 Å². The number of hydrogen-bond donors (Lipinski definition) is 1. The Balaban J connectivity index is 1.96. The van der Waals surface area contributed by atoms with Crippen molar-refractivity contribution in [3.63, 3.8) is 0 Å². The molecule has 2 heterocycles. The number of allylic oxidation sites excluding steroid dienone is 1. The van der Waals surface area contributed by atoms with Gasteiger partial charge in [0, 0.05) is 6.04 Å². The van der Waals surface area contributed by atoms with Crippen LogP contribution in [0.1, 0.15) is 50.3 Å². The van der Waals surface area contributed by atoms with Gasteiger partial charge in [-0.1, -0.05) is 41.5 Å². The van der Waals surface area contributed by atoms with E-state index in [-0.39, 0.29) is 5.54 Å². The van der Waals surface area contributed by atoms with E-state index in [0.717, 1.165) is 0 Å². The number of rotatable bonds is 0. The van der Waals surface area contributed by atoms with E-state index in [1.165, 1.54) is 36.0 Å². The first kappa shape index (κ1) is 10.6. The standard InChI is InChI=1S/C17H19N/c1-11-7-8-12-10-16-13-5-3-4-6-14(13)17(2,18-16)15(12)9-11/h3-6,9,16,18H,7-8,10H2,1-2H3. The zero-order valence-corrected chi connectivity index (χ0v) is 11.1. The highest BCUT2D eigenvalue weighted by Crippen LogP contribution is 2.52. The minimum absolute atomic E-state index is 0.0521. The first-order valence-corrected chi connectivity index (χ1v) is 6.95. The number of nitrogens with one attached hydrogen (secondary N) is 1. The molecule has 2 bridgehead atoms. The lowest BCUT2D eigenvalue weighted by atomic mass is 9.77. The predicted molar refractivity (Wildman–Crippen MR) is 74.3 cm³/mol. The van der Waals surface area contributed by atoms with E-state index < -0.39 is 0 Å². The molecule has 1 aliphatic carbocycles. The molecule has 1 aromatic rings. The van der Waals surface area contributed by atoms with Crippen molar-refractivity contribution in [2.45, 2.75) is 44.7 Å². The summed E-state index contributed by atoms with van der Waals surface area (Å²) in [6.45, 7) is 4.62. The molecule has 18 heavy (non-hydrogen) atoms. The molecule has 1 aromatic carbocycles. The van der Waals surface area contributed by atoms with E-state index in [4.69, 9.17) is 0 Å². The molecule has 0 spiro atoms. The number of benzene rings is 1. The second-order valence-corrected chi connectivity index (χ2v) is 6.12. The fourth-order valence-electron chi connectivity index (χ4n) is 4.00. The van der Waals surface area contributed by atoms with Crippen LogP contribution in [0.15, 0.2) is 47.1 Å². The second-order valence-electron chi connectivity index (χ2n) is 6.12. The normalized spacial score (nSPS) is 33.0. The van der Waals surface area contributed by atoms with Crippen molar-refractivity contribution >= 4 is 0 Å². The largest absolute Gasteiger partial charge is 0.297 e. The van der Waals surface area contributed by atoms with Crippen molar-refractivity contribution in [3.8, 4) is 0 Å². The SMILES string of the molecule is CC1=CC2=C(CC1)CC1NC2(C)c2ccccc21. The minimum atomic E-state index is 0.0521. The van der Waals surface area contributed by atoms with Gasteiger partial charge in [0.05, 0.1) is 5.54 Å². The minimum Gasteiger partial charge on any atom is -0.297 e. The highest BCUT2D eigenvalue weighted by atomic mass is 15.1. The fourth-order valence-corrected chi connectivity index (χ4v) is 4.00. The monoisotopic (exact) mass is 237 g/mol. The average Bonchev–Trinajstić information content (AvgIpc) is 2.62. The van der Waals surface area contributed by atoms with Gasteiger partial charge in [0.15, 0.2) is 0 Å². The van der Waals surface area contributed by atoms with Crippen LogP contribution in [0.3, 0.4) is 0 Å². The molecule has 1 heteroatoms. The molecule has 3 aliphatic rings. The quantitative estimate of drug-likeness (QED) is 0.719. The molecule has 2 atom stereocenters. The van der Waals surface area contributed by atoms with Crippen LogP contribution in [-0.4, -0.2) is 0 Å². The van der Waals surface area contributed by atoms with Crippen LogP contribution in [0.4, 0.5) is 0 Å². The highest BCUT2D eigenvalue weighted by Gasteiger charge is 2.46. The van der Waals surface area contributed by atoms with Crippen LogP contribution in [0, 0.1) is 0 Å². The summed E-state index contributed by atoms with van der Waals surface area (Å²) in [5, 5.41) is 3.85. The topological polar surface area (TPSA) is 12.0 Å². The Morgan fingerprint density at radius 1 is 1.22 bits per heavy atom. The molecule has 2 unspecified atom stereocenters. The third-order valence-corrected chi connectivity index (χ3v) is 4.92. The van der Waals surface area contributed by atoms with Crippen molar-refractivity contribution in [2.75, 3.05) is 0 Å². The average molecular weight is 237 g/mol. The number of hydrogen-bond acceptors (Lipinski definition) is 1. The van der Waals surface area contributed by atoms with E-state index in [9.17, 15) is 0 Å². The highest BCUT2D eigenvalue weighted by molar-refractivity contribution is 5.56.